The number of anilines is 1. The highest BCUT2D eigenvalue weighted by atomic mass is 32.1. The van der Waals surface area contributed by atoms with Gasteiger partial charge >= 0.3 is 0 Å². The van der Waals surface area contributed by atoms with E-state index in [9.17, 15) is 0 Å². The molecule has 0 saturated carbocycles. The molecule has 0 atom stereocenters. The maximum absolute atomic E-state index is 5.82. The first-order valence-corrected chi connectivity index (χ1v) is 7.46. The second-order valence-electron chi connectivity index (χ2n) is 5.27. The van der Waals surface area contributed by atoms with Gasteiger partial charge in [0.25, 0.3) is 0 Å². The minimum absolute atomic E-state index is 0.387. The molecule has 3 N–H and O–H groups in total. The third-order valence-corrected chi connectivity index (χ3v) is 3.74. The predicted octanol–water partition coefficient (Wildman–Crippen LogP) is 3.30. The summed E-state index contributed by atoms with van der Waals surface area (Å²) >= 11 is 5.14. The van der Waals surface area contributed by atoms with Gasteiger partial charge in [0.15, 0.2) is 0 Å². The number of nitrogens with zero attached hydrogens (tertiary/aromatic N) is 1. The summed E-state index contributed by atoms with van der Waals surface area (Å²) in [4.78, 5) is 4.92. The molecule has 0 fully saturated rings. The van der Waals surface area contributed by atoms with Crippen molar-refractivity contribution in [1.29, 1.82) is 0 Å². The fourth-order valence-electron chi connectivity index (χ4n) is 2.48. The Labute approximate surface area is 131 Å². The third kappa shape index (κ3) is 3.79. The topological polar surface area (TPSA) is 50.9 Å². The van der Waals surface area contributed by atoms with Crippen LogP contribution in [0.25, 0.3) is 0 Å². The van der Waals surface area contributed by atoms with Gasteiger partial charge in [0, 0.05) is 12.2 Å². The second kappa shape index (κ2) is 6.68. The summed E-state index contributed by atoms with van der Waals surface area (Å²) in [5.41, 5.74) is 11.3. The molecule has 0 bridgehead atoms. The van der Waals surface area contributed by atoms with Gasteiger partial charge in [-0.1, -0.05) is 36.5 Å². The van der Waals surface area contributed by atoms with Gasteiger partial charge in [0.05, 0.1) is 5.56 Å². The van der Waals surface area contributed by atoms with Crippen LogP contribution in [0.4, 0.5) is 5.82 Å². The summed E-state index contributed by atoms with van der Waals surface area (Å²) in [5.74, 6) is 0.786. The molecule has 1 aromatic carbocycles. The zero-order valence-electron chi connectivity index (χ0n) is 12.7. The zero-order valence-corrected chi connectivity index (χ0v) is 13.6. The Bertz CT molecular complexity index is 665. The molecule has 0 radical (unpaired) electrons. The normalized spacial score (nSPS) is 10.4. The maximum atomic E-state index is 5.82. The molecule has 1 aromatic heterocycles. The summed E-state index contributed by atoms with van der Waals surface area (Å²) in [6.45, 7) is 6.92. The van der Waals surface area contributed by atoms with E-state index in [-0.39, 0.29) is 0 Å². The number of pyridine rings is 1. The number of nitrogens with one attached hydrogen (secondary N) is 1. The van der Waals surface area contributed by atoms with Crippen molar-refractivity contribution in [2.24, 2.45) is 5.73 Å². The molecule has 0 aliphatic rings. The second-order valence-corrected chi connectivity index (χ2v) is 5.71. The van der Waals surface area contributed by atoms with Crippen LogP contribution in [-0.2, 0) is 6.42 Å². The molecule has 2 aromatic rings. The molecule has 0 aliphatic carbocycles. The fraction of sp³-hybridized carbons (Fsp3) is 0.294. The Kier molecular flexibility index (Phi) is 4.91. The molecule has 0 spiro atoms. The van der Waals surface area contributed by atoms with E-state index in [0.29, 0.717) is 4.99 Å². The summed E-state index contributed by atoms with van der Waals surface area (Å²) < 4.78 is 0. The van der Waals surface area contributed by atoms with Crippen LogP contribution in [0.1, 0.15) is 27.9 Å². The van der Waals surface area contributed by atoms with Gasteiger partial charge in [-0.2, -0.15) is 0 Å². The van der Waals surface area contributed by atoms with E-state index >= 15 is 0 Å². The van der Waals surface area contributed by atoms with Gasteiger partial charge in [-0.15, -0.1) is 0 Å². The molecule has 1 heterocycles. The number of aryl methyl sites for hydroxylation is 3. The average molecular weight is 299 g/mol. The van der Waals surface area contributed by atoms with E-state index in [1.807, 2.05) is 19.9 Å². The Morgan fingerprint density at radius 3 is 2.57 bits per heavy atom. The van der Waals surface area contributed by atoms with Crippen molar-refractivity contribution < 1.29 is 0 Å². The van der Waals surface area contributed by atoms with Crippen LogP contribution >= 0.6 is 12.2 Å². The molecule has 110 valence electrons. The minimum Gasteiger partial charge on any atom is -0.389 e. The van der Waals surface area contributed by atoms with Crippen LogP contribution in [0.2, 0.25) is 0 Å². The van der Waals surface area contributed by atoms with Crippen LogP contribution in [0, 0.1) is 20.8 Å². The van der Waals surface area contributed by atoms with Crippen molar-refractivity contribution in [3.05, 3.63) is 58.3 Å². The first kappa shape index (κ1) is 15.4. The molecule has 3 nitrogen and oxygen atoms in total. The van der Waals surface area contributed by atoms with Crippen molar-refractivity contribution in [1.82, 2.24) is 4.98 Å². The third-order valence-electron chi connectivity index (χ3n) is 3.54. The number of benzene rings is 1. The van der Waals surface area contributed by atoms with Gasteiger partial charge in [-0.25, -0.2) is 4.98 Å². The zero-order chi connectivity index (χ0) is 15.4. The summed E-state index contributed by atoms with van der Waals surface area (Å²) in [7, 11) is 0. The smallest absolute Gasteiger partial charge is 0.136 e. The number of hydrogen-bond donors (Lipinski definition) is 2. The highest BCUT2D eigenvalue weighted by Gasteiger charge is 2.11. The monoisotopic (exact) mass is 299 g/mol. The molecular formula is C17H21N3S. The molecule has 21 heavy (non-hydrogen) atoms. The van der Waals surface area contributed by atoms with E-state index in [1.165, 1.54) is 11.1 Å². The molecule has 2 rings (SSSR count). The lowest BCUT2D eigenvalue weighted by molar-refractivity contribution is 0.986. The summed E-state index contributed by atoms with van der Waals surface area (Å²) in [5, 5.41) is 3.37. The van der Waals surface area contributed by atoms with E-state index in [4.69, 9.17) is 18.0 Å². The highest BCUT2D eigenvalue weighted by molar-refractivity contribution is 7.80. The van der Waals surface area contributed by atoms with Crippen LogP contribution in [0.3, 0.4) is 0 Å². The van der Waals surface area contributed by atoms with Gasteiger partial charge in [0.2, 0.25) is 0 Å². The van der Waals surface area contributed by atoms with E-state index in [0.717, 1.165) is 35.6 Å². The highest BCUT2D eigenvalue weighted by Crippen LogP contribution is 2.19. The Morgan fingerprint density at radius 2 is 1.90 bits per heavy atom. The first-order valence-electron chi connectivity index (χ1n) is 7.05. The van der Waals surface area contributed by atoms with Gasteiger partial charge in [-0.05, 0) is 49.9 Å². The molecular weight excluding hydrogens is 278 g/mol. The van der Waals surface area contributed by atoms with Crippen LogP contribution in [0.5, 0.6) is 0 Å². The number of thiocarbonyl (C=S) groups is 1. The Balaban J connectivity index is 2.13. The van der Waals surface area contributed by atoms with Crippen molar-refractivity contribution in [3.8, 4) is 0 Å². The van der Waals surface area contributed by atoms with Gasteiger partial charge < -0.3 is 11.1 Å². The van der Waals surface area contributed by atoms with Crippen LogP contribution < -0.4 is 11.1 Å². The van der Waals surface area contributed by atoms with E-state index < -0.39 is 0 Å². The maximum Gasteiger partial charge on any atom is 0.136 e. The molecule has 0 saturated heterocycles. The van der Waals surface area contributed by atoms with E-state index in [1.54, 1.807) is 0 Å². The molecule has 0 amide bonds. The quantitative estimate of drug-likeness (QED) is 0.832. The lowest BCUT2D eigenvalue weighted by atomic mass is 10.1. The van der Waals surface area contributed by atoms with Crippen molar-refractivity contribution in [3.63, 3.8) is 0 Å². The number of aromatic nitrogens is 1. The Hall–Kier alpha value is -1.94. The number of nitrogens with two attached hydrogens (primary N) is 1. The number of rotatable bonds is 5. The standard InChI is InChI=1S/C17H21N3S/c1-11-6-4-5-7-14(11)8-9-19-17-15(16(18)21)12(2)10-13(3)20-17/h4-7,10H,8-9H2,1-3H3,(H2,18,21)(H,19,20). The largest absolute Gasteiger partial charge is 0.389 e. The number of hydrogen-bond acceptors (Lipinski definition) is 3. The van der Waals surface area contributed by atoms with Crippen molar-refractivity contribution in [2.75, 3.05) is 11.9 Å². The van der Waals surface area contributed by atoms with Crippen LogP contribution in [0.15, 0.2) is 30.3 Å². The van der Waals surface area contributed by atoms with E-state index in [2.05, 4.69) is 41.5 Å². The molecule has 0 unspecified atom stereocenters. The summed E-state index contributed by atoms with van der Waals surface area (Å²) in [6, 6.07) is 10.4. The van der Waals surface area contributed by atoms with Crippen LogP contribution in [-0.4, -0.2) is 16.5 Å². The van der Waals surface area contributed by atoms with Gasteiger partial charge in [-0.3, -0.25) is 0 Å². The minimum atomic E-state index is 0.387. The lowest BCUT2D eigenvalue weighted by Crippen LogP contribution is -2.18. The van der Waals surface area contributed by atoms with Crippen molar-refractivity contribution >= 4 is 23.0 Å². The van der Waals surface area contributed by atoms with Gasteiger partial charge in [0.1, 0.15) is 10.8 Å². The molecule has 0 aliphatic heterocycles. The van der Waals surface area contributed by atoms with Crippen molar-refractivity contribution in [2.45, 2.75) is 27.2 Å². The molecule has 4 heteroatoms. The SMILES string of the molecule is Cc1cc(C)c(C(N)=S)c(NCCc2ccccc2C)n1. The first-order chi connectivity index (χ1) is 9.99. The fourth-order valence-corrected chi connectivity index (χ4v) is 2.74. The predicted molar refractivity (Wildman–Crippen MR) is 93.0 cm³/mol. The lowest BCUT2D eigenvalue weighted by Gasteiger charge is -2.14. The summed E-state index contributed by atoms with van der Waals surface area (Å²) in [6.07, 6.45) is 0.943. The average Bonchev–Trinajstić information content (AvgIpc) is 2.39. The Morgan fingerprint density at radius 1 is 1.19 bits per heavy atom.